The molecule has 0 spiro atoms. The van der Waals surface area contributed by atoms with E-state index in [-0.39, 0.29) is 18.0 Å². The molecule has 2 atom stereocenters. The third-order valence-electron chi connectivity index (χ3n) is 5.33. The van der Waals surface area contributed by atoms with Gasteiger partial charge in [-0.25, -0.2) is 9.78 Å². The first-order valence-electron chi connectivity index (χ1n) is 10.3. The van der Waals surface area contributed by atoms with Crippen LogP contribution in [0.5, 0.6) is 0 Å². The van der Waals surface area contributed by atoms with Gasteiger partial charge in [-0.15, -0.1) is 23.1 Å². The number of carboxylic acid groups (broad SMARTS) is 1. The largest absolute Gasteiger partial charge is 0.477 e. The number of fused-ring (bicyclic) bond motifs is 1. The van der Waals surface area contributed by atoms with Gasteiger partial charge < -0.3 is 10.4 Å². The molecule has 0 unspecified atom stereocenters. The summed E-state index contributed by atoms with van der Waals surface area (Å²) in [6, 6.07) is 12.2. The average Bonchev–Trinajstić information content (AvgIpc) is 3.32. The van der Waals surface area contributed by atoms with Crippen LogP contribution in [-0.4, -0.2) is 54.9 Å². The van der Waals surface area contributed by atoms with Crippen LogP contribution in [0.15, 0.2) is 75.2 Å². The van der Waals surface area contributed by atoms with Crippen LogP contribution in [0, 0.1) is 0 Å². The lowest BCUT2D eigenvalue weighted by atomic mass is 10.0. The van der Waals surface area contributed by atoms with Gasteiger partial charge in [-0.2, -0.15) is 0 Å². The van der Waals surface area contributed by atoms with E-state index < -0.39 is 23.3 Å². The molecule has 2 aliphatic rings. The molecule has 0 saturated carbocycles. The van der Waals surface area contributed by atoms with Crippen molar-refractivity contribution < 1.29 is 19.5 Å². The number of hydrogen-bond donors (Lipinski definition) is 2. The predicted octanol–water partition coefficient (Wildman–Crippen LogP) is 3.24. The van der Waals surface area contributed by atoms with E-state index in [9.17, 15) is 19.5 Å². The van der Waals surface area contributed by atoms with Gasteiger partial charge in [-0.3, -0.25) is 19.5 Å². The van der Waals surface area contributed by atoms with E-state index in [1.807, 2.05) is 47.8 Å². The van der Waals surface area contributed by atoms with Crippen LogP contribution in [0.25, 0.3) is 11.3 Å². The number of rotatable bonds is 7. The zero-order chi connectivity index (χ0) is 23.7. The van der Waals surface area contributed by atoms with Crippen molar-refractivity contribution in [2.75, 3.05) is 5.75 Å². The molecule has 0 bridgehead atoms. The Morgan fingerprint density at radius 3 is 2.68 bits per heavy atom. The fourth-order valence-electron chi connectivity index (χ4n) is 3.74. The molecule has 4 heterocycles. The van der Waals surface area contributed by atoms with Gasteiger partial charge in [0.15, 0.2) is 4.34 Å². The molecule has 11 heteroatoms. The molecule has 3 aromatic rings. The van der Waals surface area contributed by atoms with E-state index in [1.54, 1.807) is 12.4 Å². The zero-order valence-electron chi connectivity index (χ0n) is 17.6. The number of hydrogen-bond acceptors (Lipinski definition) is 8. The number of pyridine rings is 1. The third-order valence-corrected chi connectivity index (χ3v) is 8.81. The number of thiazole rings is 1. The lowest BCUT2D eigenvalue weighted by Gasteiger charge is -2.49. The Bertz CT molecular complexity index is 1280. The number of thioether (sulfide) groups is 2. The highest BCUT2D eigenvalue weighted by molar-refractivity contribution is 8.07. The summed E-state index contributed by atoms with van der Waals surface area (Å²) in [7, 11) is 0. The van der Waals surface area contributed by atoms with Crippen LogP contribution in [-0.2, 0) is 20.8 Å². The summed E-state index contributed by atoms with van der Waals surface area (Å²) < 4.78 is 0.695. The molecule has 2 N–H and O–H groups in total. The maximum atomic E-state index is 12.9. The first kappa shape index (κ1) is 22.6. The van der Waals surface area contributed by atoms with Gasteiger partial charge in [-0.1, -0.05) is 42.1 Å². The Kier molecular flexibility index (Phi) is 6.40. The van der Waals surface area contributed by atoms with Gasteiger partial charge in [0.05, 0.1) is 12.1 Å². The molecular weight excluding hydrogens is 492 g/mol. The topological polar surface area (TPSA) is 112 Å². The Balaban J connectivity index is 1.30. The smallest absolute Gasteiger partial charge is 0.353 e. The number of carbonyl (C=O) groups excluding carboxylic acids is 2. The fourth-order valence-corrected chi connectivity index (χ4v) is 7.20. The van der Waals surface area contributed by atoms with Crippen LogP contribution in [0.2, 0.25) is 0 Å². The standard InChI is InChI=1S/C23H18N4O4S3/c28-17(10-13-4-2-1-3-5-13)26-18-20(29)27-19(22(30)31)16(12-32-21(18)27)34-23-25-15(11-33-23)14-6-8-24-9-7-14/h1-9,11,18,21H,10,12H2,(H,26,28)(H,30,31)/t18-,21-/m1/s1. The minimum Gasteiger partial charge on any atom is -0.477 e. The van der Waals surface area contributed by atoms with Gasteiger partial charge in [-0.05, 0) is 17.7 Å². The molecule has 8 nitrogen and oxygen atoms in total. The minimum atomic E-state index is -1.17. The van der Waals surface area contributed by atoms with Crippen molar-refractivity contribution in [1.82, 2.24) is 20.2 Å². The Morgan fingerprint density at radius 2 is 1.94 bits per heavy atom. The molecule has 1 fully saturated rings. The maximum absolute atomic E-state index is 12.9. The summed E-state index contributed by atoms with van der Waals surface area (Å²) in [5.74, 6) is -1.43. The van der Waals surface area contributed by atoms with Crippen molar-refractivity contribution in [3.05, 3.63) is 76.4 Å². The number of aliphatic carboxylic acids is 1. The molecular formula is C23H18N4O4S3. The van der Waals surface area contributed by atoms with E-state index >= 15 is 0 Å². The van der Waals surface area contributed by atoms with Crippen LogP contribution in [0.1, 0.15) is 5.56 Å². The molecule has 0 aliphatic carbocycles. The number of aromatic nitrogens is 2. The second-order valence-electron chi connectivity index (χ2n) is 7.53. The van der Waals surface area contributed by atoms with Crippen molar-refractivity contribution in [2.45, 2.75) is 22.2 Å². The van der Waals surface area contributed by atoms with E-state index in [0.717, 1.165) is 16.8 Å². The van der Waals surface area contributed by atoms with Gasteiger partial charge in [0.1, 0.15) is 17.1 Å². The molecule has 34 heavy (non-hydrogen) atoms. The second-order valence-corrected chi connectivity index (χ2v) is 10.8. The number of amides is 2. The number of nitrogens with one attached hydrogen (secondary N) is 1. The van der Waals surface area contributed by atoms with Crippen molar-refractivity contribution >= 4 is 52.6 Å². The molecule has 1 saturated heterocycles. The van der Waals surface area contributed by atoms with E-state index in [1.165, 1.54) is 39.8 Å². The zero-order valence-corrected chi connectivity index (χ0v) is 20.0. The number of carboxylic acids is 1. The average molecular weight is 511 g/mol. The lowest BCUT2D eigenvalue weighted by Crippen LogP contribution is -2.70. The Morgan fingerprint density at radius 1 is 1.18 bits per heavy atom. The third kappa shape index (κ3) is 4.46. The highest BCUT2D eigenvalue weighted by Crippen LogP contribution is 2.46. The van der Waals surface area contributed by atoms with Gasteiger partial charge >= 0.3 is 5.97 Å². The molecule has 5 rings (SSSR count). The molecule has 2 aromatic heterocycles. The van der Waals surface area contributed by atoms with E-state index in [4.69, 9.17) is 0 Å². The van der Waals surface area contributed by atoms with Crippen molar-refractivity contribution in [1.29, 1.82) is 0 Å². The van der Waals surface area contributed by atoms with Crippen LogP contribution < -0.4 is 5.32 Å². The quantitative estimate of drug-likeness (QED) is 0.466. The summed E-state index contributed by atoms with van der Waals surface area (Å²) in [6.45, 7) is 0. The number of carbonyl (C=O) groups is 3. The number of benzene rings is 1. The predicted molar refractivity (Wildman–Crippen MR) is 131 cm³/mol. The maximum Gasteiger partial charge on any atom is 0.353 e. The molecule has 2 amide bonds. The Labute approximate surface area is 207 Å². The minimum absolute atomic E-state index is 0.0343. The number of β-lactam (4-membered cyclic amide) rings is 1. The van der Waals surface area contributed by atoms with Gasteiger partial charge in [0, 0.05) is 34.0 Å². The van der Waals surface area contributed by atoms with Crippen molar-refractivity contribution in [3.63, 3.8) is 0 Å². The normalized spacial score (nSPS) is 19.4. The highest BCUT2D eigenvalue weighted by atomic mass is 32.2. The van der Waals surface area contributed by atoms with E-state index in [2.05, 4.69) is 15.3 Å². The summed E-state index contributed by atoms with van der Waals surface area (Å²) >= 11 is 4.12. The van der Waals surface area contributed by atoms with E-state index in [0.29, 0.717) is 15.0 Å². The number of nitrogens with zero attached hydrogens (tertiary/aromatic N) is 3. The summed E-state index contributed by atoms with van der Waals surface area (Å²) in [4.78, 5) is 47.9. The van der Waals surface area contributed by atoms with Crippen LogP contribution in [0.4, 0.5) is 0 Å². The Hall–Kier alpha value is -3.15. The summed E-state index contributed by atoms with van der Waals surface area (Å²) in [5.41, 5.74) is 2.53. The van der Waals surface area contributed by atoms with Gasteiger partial charge in [0.2, 0.25) is 5.91 Å². The van der Waals surface area contributed by atoms with Crippen LogP contribution >= 0.6 is 34.9 Å². The monoisotopic (exact) mass is 510 g/mol. The molecule has 172 valence electrons. The van der Waals surface area contributed by atoms with Crippen LogP contribution in [0.3, 0.4) is 0 Å². The SMILES string of the molecule is O=C(Cc1ccccc1)N[C@@H]1C(=O)N2C(C(=O)O)=C(Sc3nc(-c4ccncc4)cs3)CS[C@H]12. The highest BCUT2D eigenvalue weighted by Gasteiger charge is 2.54. The first-order chi connectivity index (χ1) is 16.5. The lowest BCUT2D eigenvalue weighted by molar-refractivity contribution is -0.150. The molecule has 0 radical (unpaired) electrons. The van der Waals surface area contributed by atoms with Gasteiger partial charge in [0.25, 0.3) is 5.91 Å². The second kappa shape index (κ2) is 9.61. The van der Waals surface area contributed by atoms with Crippen molar-refractivity contribution in [2.24, 2.45) is 0 Å². The fraction of sp³-hybridized carbons (Fsp3) is 0.174. The van der Waals surface area contributed by atoms with Crippen molar-refractivity contribution in [3.8, 4) is 11.3 Å². The first-order valence-corrected chi connectivity index (χ1v) is 13.0. The summed E-state index contributed by atoms with van der Waals surface area (Å²) in [6.07, 6.45) is 3.54. The summed E-state index contributed by atoms with van der Waals surface area (Å²) in [5, 5.41) is 14.1. The molecule has 1 aromatic carbocycles. The molecule has 2 aliphatic heterocycles.